The second-order valence-corrected chi connectivity index (χ2v) is 6.54. The van der Waals surface area contributed by atoms with Crippen LogP contribution in [0, 0.1) is 0 Å². The highest BCUT2D eigenvalue weighted by atomic mass is 16.2. The van der Waals surface area contributed by atoms with Crippen LogP contribution < -0.4 is 10.9 Å². The third-order valence-electron chi connectivity index (χ3n) is 4.49. The van der Waals surface area contributed by atoms with Crippen LogP contribution in [0.3, 0.4) is 0 Å². The van der Waals surface area contributed by atoms with Gasteiger partial charge in [-0.1, -0.05) is 38.0 Å². The average molecular weight is 367 g/mol. The highest BCUT2D eigenvalue weighted by Gasteiger charge is 2.16. The number of hydrogen-bond donors (Lipinski definition) is 1. The first-order valence-corrected chi connectivity index (χ1v) is 9.44. The van der Waals surface area contributed by atoms with E-state index in [2.05, 4.69) is 22.3 Å². The van der Waals surface area contributed by atoms with E-state index in [-0.39, 0.29) is 11.5 Å². The first-order valence-electron chi connectivity index (χ1n) is 9.44. The molecule has 0 aliphatic rings. The van der Waals surface area contributed by atoms with E-state index in [4.69, 9.17) is 0 Å². The standard InChI is InChI=1S/C20H25N5O2/c1-2-3-6-13-25-20(27)17-9-5-4-8-16(17)18(23-25)19(26)22-10-7-12-24-14-11-21-15-24/h4-5,8-9,11,14-15H,2-3,6-7,10,12-13H2,1H3,(H,22,26). The van der Waals surface area contributed by atoms with Gasteiger partial charge < -0.3 is 9.88 Å². The fourth-order valence-corrected chi connectivity index (χ4v) is 3.03. The van der Waals surface area contributed by atoms with Gasteiger partial charge in [0.15, 0.2) is 5.69 Å². The zero-order valence-corrected chi connectivity index (χ0v) is 15.6. The number of aromatic nitrogens is 4. The first-order chi connectivity index (χ1) is 13.2. The molecule has 3 aromatic rings. The quantitative estimate of drug-likeness (QED) is 0.590. The number of rotatable bonds is 9. The van der Waals surface area contributed by atoms with Gasteiger partial charge in [0.05, 0.1) is 11.7 Å². The molecule has 1 amide bonds. The van der Waals surface area contributed by atoms with E-state index >= 15 is 0 Å². The van der Waals surface area contributed by atoms with E-state index in [9.17, 15) is 9.59 Å². The molecule has 0 bridgehead atoms. The van der Waals surface area contributed by atoms with Crippen molar-refractivity contribution in [2.45, 2.75) is 45.7 Å². The third-order valence-corrected chi connectivity index (χ3v) is 4.49. The minimum absolute atomic E-state index is 0.140. The van der Waals surface area contributed by atoms with E-state index in [1.54, 1.807) is 24.7 Å². The van der Waals surface area contributed by atoms with E-state index in [1.165, 1.54) is 4.68 Å². The number of benzene rings is 1. The van der Waals surface area contributed by atoms with E-state index in [1.807, 2.05) is 22.9 Å². The lowest BCUT2D eigenvalue weighted by Crippen LogP contribution is -2.31. The van der Waals surface area contributed by atoms with Crippen LogP contribution in [-0.4, -0.2) is 31.8 Å². The highest BCUT2D eigenvalue weighted by Crippen LogP contribution is 2.13. The summed E-state index contributed by atoms with van der Waals surface area (Å²) in [5, 5.41) is 8.43. The molecular weight excluding hydrogens is 342 g/mol. The Morgan fingerprint density at radius 3 is 2.67 bits per heavy atom. The zero-order valence-electron chi connectivity index (χ0n) is 15.6. The van der Waals surface area contributed by atoms with Crippen molar-refractivity contribution in [1.82, 2.24) is 24.6 Å². The number of aryl methyl sites for hydroxylation is 2. The van der Waals surface area contributed by atoms with E-state index in [0.717, 1.165) is 32.2 Å². The molecule has 0 saturated carbocycles. The van der Waals surface area contributed by atoms with E-state index in [0.29, 0.717) is 29.6 Å². The number of nitrogens with one attached hydrogen (secondary N) is 1. The summed E-state index contributed by atoms with van der Waals surface area (Å²) in [6.45, 7) is 3.95. The second kappa shape index (κ2) is 9.12. The lowest BCUT2D eigenvalue weighted by atomic mass is 10.1. The maximum Gasteiger partial charge on any atom is 0.274 e. The topological polar surface area (TPSA) is 81.8 Å². The molecule has 7 heteroatoms. The van der Waals surface area contributed by atoms with Crippen molar-refractivity contribution in [3.05, 3.63) is 59.0 Å². The fourth-order valence-electron chi connectivity index (χ4n) is 3.03. The van der Waals surface area contributed by atoms with Crippen molar-refractivity contribution in [3.63, 3.8) is 0 Å². The van der Waals surface area contributed by atoms with Crippen molar-refractivity contribution in [3.8, 4) is 0 Å². The first kappa shape index (κ1) is 18.8. The van der Waals surface area contributed by atoms with Crippen molar-refractivity contribution >= 4 is 16.7 Å². The SMILES string of the molecule is CCCCCn1nc(C(=O)NCCCn2ccnc2)c2ccccc2c1=O. The summed E-state index contributed by atoms with van der Waals surface area (Å²) in [4.78, 5) is 29.4. The summed E-state index contributed by atoms with van der Waals surface area (Å²) in [7, 11) is 0. The number of nitrogens with zero attached hydrogens (tertiary/aromatic N) is 4. The van der Waals surface area contributed by atoms with Crippen molar-refractivity contribution in [1.29, 1.82) is 0 Å². The molecule has 2 heterocycles. The third kappa shape index (κ3) is 4.61. The van der Waals surface area contributed by atoms with Crippen LogP contribution in [0.15, 0.2) is 47.8 Å². The lowest BCUT2D eigenvalue weighted by Gasteiger charge is -2.11. The summed E-state index contributed by atoms with van der Waals surface area (Å²) in [6, 6.07) is 7.17. The molecule has 0 fully saturated rings. The Kier molecular flexibility index (Phi) is 6.35. The molecule has 3 rings (SSSR count). The van der Waals surface area contributed by atoms with Crippen molar-refractivity contribution in [2.24, 2.45) is 0 Å². The summed E-state index contributed by atoms with van der Waals surface area (Å²) in [6.07, 6.45) is 9.12. The molecule has 0 radical (unpaired) electrons. The molecule has 7 nitrogen and oxygen atoms in total. The zero-order chi connectivity index (χ0) is 19.1. The summed E-state index contributed by atoms with van der Waals surface area (Å²) in [5.41, 5.74) is 0.169. The van der Waals surface area contributed by atoms with Gasteiger partial charge in [0.2, 0.25) is 0 Å². The Morgan fingerprint density at radius 1 is 1.11 bits per heavy atom. The van der Waals surface area contributed by atoms with Crippen LogP contribution in [0.4, 0.5) is 0 Å². The van der Waals surface area contributed by atoms with E-state index < -0.39 is 0 Å². The molecule has 0 unspecified atom stereocenters. The Hall–Kier alpha value is -2.96. The summed E-state index contributed by atoms with van der Waals surface area (Å²) in [5.74, 6) is -0.249. The average Bonchev–Trinajstić information content (AvgIpc) is 3.20. The minimum atomic E-state index is -0.249. The molecule has 1 aromatic carbocycles. The van der Waals surface area contributed by atoms with Crippen LogP contribution in [0.25, 0.3) is 10.8 Å². The van der Waals surface area contributed by atoms with Crippen molar-refractivity contribution in [2.75, 3.05) is 6.54 Å². The highest BCUT2D eigenvalue weighted by molar-refractivity contribution is 6.04. The maximum atomic E-state index is 12.7. The monoisotopic (exact) mass is 367 g/mol. The number of carbonyl (C=O) groups excluding carboxylic acids is 1. The number of imidazole rings is 1. The summed E-state index contributed by atoms with van der Waals surface area (Å²) < 4.78 is 3.39. The molecule has 2 aromatic heterocycles. The Balaban J connectivity index is 1.75. The van der Waals surface area contributed by atoms with Crippen LogP contribution >= 0.6 is 0 Å². The summed E-state index contributed by atoms with van der Waals surface area (Å²) >= 11 is 0. The maximum absolute atomic E-state index is 12.7. The minimum Gasteiger partial charge on any atom is -0.351 e. The Bertz CT molecular complexity index is 947. The molecule has 0 aliphatic heterocycles. The fraction of sp³-hybridized carbons (Fsp3) is 0.400. The van der Waals surface area contributed by atoms with Gasteiger partial charge >= 0.3 is 0 Å². The van der Waals surface area contributed by atoms with Gasteiger partial charge in [0.25, 0.3) is 11.5 Å². The van der Waals surface area contributed by atoms with Crippen LogP contribution in [0.1, 0.15) is 43.1 Å². The molecule has 27 heavy (non-hydrogen) atoms. The van der Waals surface area contributed by atoms with Gasteiger partial charge in [0, 0.05) is 37.4 Å². The predicted molar refractivity (Wildman–Crippen MR) is 105 cm³/mol. The number of unbranched alkanes of at least 4 members (excludes halogenated alkanes) is 2. The molecule has 0 spiro atoms. The molecule has 0 saturated heterocycles. The molecular formula is C20H25N5O2. The number of amides is 1. The van der Waals surface area contributed by atoms with Crippen LogP contribution in [-0.2, 0) is 13.1 Å². The lowest BCUT2D eigenvalue weighted by molar-refractivity contribution is 0.0947. The smallest absolute Gasteiger partial charge is 0.274 e. The molecule has 142 valence electrons. The Labute approximate surface area is 158 Å². The molecule has 0 aliphatic carbocycles. The predicted octanol–water partition coefficient (Wildman–Crippen LogP) is 2.60. The number of carbonyl (C=O) groups is 1. The van der Waals surface area contributed by atoms with Gasteiger partial charge in [-0.25, -0.2) is 9.67 Å². The molecule has 1 N–H and O–H groups in total. The van der Waals surface area contributed by atoms with Gasteiger partial charge in [0.1, 0.15) is 0 Å². The number of fused-ring (bicyclic) bond motifs is 1. The van der Waals surface area contributed by atoms with Gasteiger partial charge in [-0.15, -0.1) is 0 Å². The second-order valence-electron chi connectivity index (χ2n) is 6.54. The molecule has 0 atom stereocenters. The van der Waals surface area contributed by atoms with Gasteiger partial charge in [-0.3, -0.25) is 9.59 Å². The largest absolute Gasteiger partial charge is 0.351 e. The van der Waals surface area contributed by atoms with Crippen molar-refractivity contribution < 1.29 is 4.79 Å². The van der Waals surface area contributed by atoms with Crippen LogP contribution in [0.5, 0.6) is 0 Å². The van der Waals surface area contributed by atoms with Gasteiger partial charge in [-0.05, 0) is 18.9 Å². The van der Waals surface area contributed by atoms with Gasteiger partial charge in [-0.2, -0.15) is 5.10 Å². The van der Waals surface area contributed by atoms with Crippen LogP contribution in [0.2, 0.25) is 0 Å². The number of hydrogen-bond acceptors (Lipinski definition) is 4. The Morgan fingerprint density at radius 2 is 1.93 bits per heavy atom. The normalized spacial score (nSPS) is 11.0.